The maximum absolute atomic E-state index is 4.96. The van der Waals surface area contributed by atoms with Gasteiger partial charge in [-0.15, -0.1) is 0 Å². The number of fused-ring (bicyclic) bond motifs is 1. The van der Waals surface area contributed by atoms with Gasteiger partial charge in [-0.1, -0.05) is 24.3 Å². The third kappa shape index (κ3) is 3.36. The van der Waals surface area contributed by atoms with Gasteiger partial charge in [0.05, 0.1) is 11.2 Å². The number of aromatic nitrogens is 1. The summed E-state index contributed by atoms with van der Waals surface area (Å²) < 4.78 is 4.96. The van der Waals surface area contributed by atoms with Crippen molar-refractivity contribution in [1.29, 1.82) is 0 Å². The second-order valence-corrected chi connectivity index (χ2v) is 3.81. The Kier molecular flexibility index (Phi) is 4.22. The van der Waals surface area contributed by atoms with Gasteiger partial charge >= 0.3 is 0 Å². The maximum atomic E-state index is 4.96. The number of hydrogen-bond donors (Lipinski definition) is 0. The van der Waals surface area contributed by atoms with Crippen LogP contribution in [0.15, 0.2) is 41.4 Å². The van der Waals surface area contributed by atoms with Crippen molar-refractivity contribution < 1.29 is 4.74 Å². The van der Waals surface area contributed by atoms with Gasteiger partial charge < -0.3 is 4.74 Å². The lowest BCUT2D eigenvalue weighted by atomic mass is 10.2. The molecule has 0 aliphatic rings. The van der Waals surface area contributed by atoms with E-state index in [0.29, 0.717) is 0 Å². The zero-order valence-corrected chi connectivity index (χ0v) is 9.97. The minimum absolute atomic E-state index is 0.752. The number of pyridine rings is 1. The molecule has 3 nitrogen and oxygen atoms in total. The van der Waals surface area contributed by atoms with Gasteiger partial charge in [-0.05, 0) is 18.6 Å². The molecule has 0 amide bonds. The average molecular weight is 228 g/mol. The summed E-state index contributed by atoms with van der Waals surface area (Å²) in [6, 6.07) is 12.1. The smallest absolute Gasteiger partial charge is 0.0815 e. The van der Waals surface area contributed by atoms with E-state index in [9.17, 15) is 0 Å². The van der Waals surface area contributed by atoms with Crippen molar-refractivity contribution in [2.45, 2.75) is 6.42 Å². The summed E-state index contributed by atoms with van der Waals surface area (Å²) in [5.41, 5.74) is 1.91. The number of aliphatic imine (C=N–C) groups is 1. The lowest BCUT2D eigenvalue weighted by Gasteiger charge is -1.98. The number of methoxy groups -OCH3 is 1. The van der Waals surface area contributed by atoms with E-state index in [1.165, 1.54) is 0 Å². The first kappa shape index (κ1) is 11.7. The molecule has 0 spiro atoms. The van der Waals surface area contributed by atoms with Crippen LogP contribution in [0.1, 0.15) is 12.1 Å². The van der Waals surface area contributed by atoms with Crippen LogP contribution < -0.4 is 0 Å². The summed E-state index contributed by atoms with van der Waals surface area (Å²) in [6.45, 7) is 1.53. The first-order chi connectivity index (χ1) is 8.40. The Bertz CT molecular complexity index is 508. The molecular weight excluding hydrogens is 212 g/mol. The fourth-order valence-electron chi connectivity index (χ4n) is 1.61. The number of hydrogen-bond acceptors (Lipinski definition) is 3. The van der Waals surface area contributed by atoms with Crippen molar-refractivity contribution in [3.63, 3.8) is 0 Å². The van der Waals surface area contributed by atoms with Crippen LogP contribution in [-0.2, 0) is 4.74 Å². The summed E-state index contributed by atoms with van der Waals surface area (Å²) >= 11 is 0. The molecule has 0 fully saturated rings. The van der Waals surface area contributed by atoms with Gasteiger partial charge in [-0.3, -0.25) is 4.99 Å². The van der Waals surface area contributed by atoms with Crippen molar-refractivity contribution >= 4 is 17.1 Å². The third-order valence-corrected chi connectivity index (χ3v) is 2.48. The molecule has 2 aromatic rings. The first-order valence-electron chi connectivity index (χ1n) is 5.75. The lowest BCUT2D eigenvalue weighted by molar-refractivity contribution is 0.197. The Hall–Kier alpha value is -1.74. The highest BCUT2D eigenvalue weighted by atomic mass is 16.5. The molecule has 0 radical (unpaired) electrons. The zero-order valence-electron chi connectivity index (χ0n) is 9.97. The molecule has 1 aromatic carbocycles. The SMILES string of the molecule is COCCCN=Cc1ccc2ccccc2n1. The standard InChI is InChI=1S/C14H16N2O/c1-17-10-4-9-15-11-13-8-7-12-5-2-3-6-14(12)16-13/h2-3,5-8,11H,4,9-10H2,1H3. The van der Waals surface area contributed by atoms with Crippen molar-refractivity contribution in [3.8, 4) is 0 Å². The van der Waals surface area contributed by atoms with Crippen LogP contribution in [0.4, 0.5) is 0 Å². The van der Waals surface area contributed by atoms with Crippen molar-refractivity contribution in [1.82, 2.24) is 4.98 Å². The quantitative estimate of drug-likeness (QED) is 0.582. The van der Waals surface area contributed by atoms with E-state index in [0.717, 1.165) is 36.2 Å². The fourth-order valence-corrected chi connectivity index (χ4v) is 1.61. The molecule has 0 saturated heterocycles. The normalized spacial score (nSPS) is 11.4. The van der Waals surface area contributed by atoms with E-state index in [1.54, 1.807) is 7.11 Å². The maximum Gasteiger partial charge on any atom is 0.0815 e. The second kappa shape index (κ2) is 6.11. The molecule has 0 aliphatic heterocycles. The predicted octanol–water partition coefficient (Wildman–Crippen LogP) is 2.69. The molecular formula is C14H16N2O. The van der Waals surface area contributed by atoms with E-state index in [1.807, 2.05) is 30.5 Å². The molecule has 88 valence electrons. The number of benzene rings is 1. The summed E-state index contributed by atoms with van der Waals surface area (Å²) in [6.07, 6.45) is 2.77. The highest BCUT2D eigenvalue weighted by Gasteiger charge is 1.94. The molecule has 0 atom stereocenters. The summed E-state index contributed by atoms with van der Waals surface area (Å²) in [5, 5.41) is 1.16. The summed E-state index contributed by atoms with van der Waals surface area (Å²) in [5.74, 6) is 0. The van der Waals surface area contributed by atoms with E-state index in [4.69, 9.17) is 4.74 Å². The zero-order chi connectivity index (χ0) is 11.9. The first-order valence-corrected chi connectivity index (χ1v) is 5.75. The molecule has 0 aliphatic carbocycles. The molecule has 1 heterocycles. The molecule has 0 N–H and O–H groups in total. The monoisotopic (exact) mass is 228 g/mol. The van der Waals surface area contributed by atoms with Gasteiger partial charge in [-0.2, -0.15) is 0 Å². The Morgan fingerprint density at radius 3 is 3.00 bits per heavy atom. The van der Waals surface area contributed by atoms with Gasteiger partial charge in [0.2, 0.25) is 0 Å². The largest absolute Gasteiger partial charge is 0.385 e. The topological polar surface area (TPSA) is 34.5 Å². The molecule has 17 heavy (non-hydrogen) atoms. The minimum atomic E-state index is 0.752. The summed E-state index contributed by atoms with van der Waals surface area (Å²) in [4.78, 5) is 8.83. The van der Waals surface area contributed by atoms with Gasteiger partial charge in [0.25, 0.3) is 0 Å². The molecule has 2 rings (SSSR count). The highest BCUT2D eigenvalue weighted by Crippen LogP contribution is 2.10. The van der Waals surface area contributed by atoms with Gasteiger partial charge in [0, 0.05) is 31.9 Å². The van der Waals surface area contributed by atoms with Crippen LogP contribution in [0.2, 0.25) is 0 Å². The number of ether oxygens (including phenoxy) is 1. The van der Waals surface area contributed by atoms with Crippen LogP contribution >= 0.6 is 0 Å². The van der Waals surface area contributed by atoms with Crippen LogP contribution in [0.25, 0.3) is 10.9 Å². The van der Waals surface area contributed by atoms with Gasteiger partial charge in [0.15, 0.2) is 0 Å². The Morgan fingerprint density at radius 2 is 2.12 bits per heavy atom. The second-order valence-electron chi connectivity index (χ2n) is 3.81. The summed E-state index contributed by atoms with van der Waals surface area (Å²) in [7, 11) is 1.70. The third-order valence-electron chi connectivity index (χ3n) is 2.48. The molecule has 3 heteroatoms. The molecule has 0 bridgehead atoms. The molecule has 1 aromatic heterocycles. The van der Waals surface area contributed by atoms with Crippen molar-refractivity contribution in [2.75, 3.05) is 20.3 Å². The number of nitrogens with zero attached hydrogens (tertiary/aromatic N) is 2. The van der Waals surface area contributed by atoms with Crippen LogP contribution in [0.3, 0.4) is 0 Å². The van der Waals surface area contributed by atoms with Gasteiger partial charge in [-0.25, -0.2) is 4.98 Å². The van der Waals surface area contributed by atoms with Crippen LogP contribution in [0, 0.1) is 0 Å². The number of para-hydroxylation sites is 1. The predicted molar refractivity (Wildman–Crippen MR) is 70.7 cm³/mol. The van der Waals surface area contributed by atoms with E-state index in [2.05, 4.69) is 22.1 Å². The number of rotatable bonds is 5. The van der Waals surface area contributed by atoms with E-state index < -0.39 is 0 Å². The Labute approximate surface area is 101 Å². The van der Waals surface area contributed by atoms with E-state index >= 15 is 0 Å². The molecule has 0 unspecified atom stereocenters. The fraction of sp³-hybridized carbons (Fsp3) is 0.286. The minimum Gasteiger partial charge on any atom is -0.385 e. The van der Waals surface area contributed by atoms with Gasteiger partial charge in [0.1, 0.15) is 0 Å². The van der Waals surface area contributed by atoms with E-state index in [-0.39, 0.29) is 0 Å². The average Bonchev–Trinajstić information content (AvgIpc) is 2.38. The van der Waals surface area contributed by atoms with Crippen molar-refractivity contribution in [3.05, 3.63) is 42.1 Å². The van der Waals surface area contributed by atoms with Crippen LogP contribution in [-0.4, -0.2) is 31.5 Å². The Morgan fingerprint density at radius 1 is 1.24 bits per heavy atom. The highest BCUT2D eigenvalue weighted by molar-refractivity contribution is 5.84. The van der Waals surface area contributed by atoms with Crippen LogP contribution in [0.5, 0.6) is 0 Å². The Balaban J connectivity index is 2.04. The van der Waals surface area contributed by atoms with Crippen molar-refractivity contribution in [2.24, 2.45) is 4.99 Å². The molecule has 0 saturated carbocycles. The lowest BCUT2D eigenvalue weighted by Crippen LogP contribution is -1.93.